The number of sulfonamides is 1. The number of nitrogens with one attached hydrogen (secondary N) is 1. The van der Waals surface area contributed by atoms with Gasteiger partial charge in [-0.25, -0.2) is 8.42 Å². The Balaban J connectivity index is 0.00000208. The van der Waals surface area contributed by atoms with Crippen LogP contribution in [0.2, 0.25) is 0 Å². The summed E-state index contributed by atoms with van der Waals surface area (Å²) in [5.74, 6) is 0.548. The molecule has 2 fully saturated rings. The van der Waals surface area contributed by atoms with Crippen LogP contribution in [-0.4, -0.2) is 39.2 Å². The lowest BCUT2D eigenvalue weighted by Gasteiger charge is -2.20. The van der Waals surface area contributed by atoms with Gasteiger partial charge in [-0.2, -0.15) is 0 Å². The Hall–Kier alpha value is -1.31. The third kappa shape index (κ3) is 3.84. The van der Waals surface area contributed by atoms with Crippen LogP contribution in [0.4, 0.5) is 5.69 Å². The second-order valence-corrected chi connectivity index (χ2v) is 8.41. The third-order valence-electron chi connectivity index (χ3n) is 4.60. The maximum atomic E-state index is 12.4. The van der Waals surface area contributed by atoms with Crippen LogP contribution in [0.1, 0.15) is 35.2 Å². The lowest BCUT2D eigenvalue weighted by Crippen LogP contribution is -2.42. The molecule has 1 saturated carbocycles. The van der Waals surface area contributed by atoms with E-state index in [9.17, 15) is 13.2 Å². The first-order valence-corrected chi connectivity index (χ1v) is 9.65. The van der Waals surface area contributed by atoms with Gasteiger partial charge in [0.25, 0.3) is 5.91 Å². The van der Waals surface area contributed by atoms with Crippen molar-refractivity contribution in [2.24, 2.45) is 11.7 Å². The van der Waals surface area contributed by atoms with Crippen molar-refractivity contribution in [2.75, 3.05) is 23.1 Å². The van der Waals surface area contributed by atoms with Crippen LogP contribution in [0.25, 0.3) is 0 Å². The van der Waals surface area contributed by atoms with Crippen molar-refractivity contribution < 1.29 is 13.2 Å². The molecule has 1 atom stereocenters. The van der Waals surface area contributed by atoms with Gasteiger partial charge in [-0.3, -0.25) is 9.10 Å². The standard InChI is InChI=1S/C16H23N3O3S.ClH/c1-11-9-13(19-7-2-8-23(19,21)22)5-6-14(11)16(20)18-15(10-17)12-3-4-12;/h5-6,9,12,15H,2-4,7-8,10,17H2,1H3,(H,18,20);1H. The minimum absolute atomic E-state index is 0. The molecule has 3 N–H and O–H groups in total. The molecule has 1 aromatic rings. The number of halogens is 1. The Morgan fingerprint density at radius 2 is 2.12 bits per heavy atom. The van der Waals surface area contributed by atoms with E-state index in [1.54, 1.807) is 18.2 Å². The van der Waals surface area contributed by atoms with Crippen molar-refractivity contribution in [1.29, 1.82) is 0 Å². The smallest absolute Gasteiger partial charge is 0.251 e. The molecule has 1 saturated heterocycles. The van der Waals surface area contributed by atoms with Crippen LogP contribution in [-0.2, 0) is 10.0 Å². The largest absolute Gasteiger partial charge is 0.348 e. The molecule has 0 radical (unpaired) electrons. The molecule has 134 valence electrons. The van der Waals surface area contributed by atoms with Crippen molar-refractivity contribution in [3.63, 3.8) is 0 Å². The number of hydrogen-bond donors (Lipinski definition) is 2. The Bertz CT molecular complexity index is 719. The molecule has 1 aromatic carbocycles. The Morgan fingerprint density at radius 1 is 1.42 bits per heavy atom. The summed E-state index contributed by atoms with van der Waals surface area (Å²) in [6, 6.07) is 5.21. The fourth-order valence-electron chi connectivity index (χ4n) is 3.10. The highest BCUT2D eigenvalue weighted by Crippen LogP contribution is 2.32. The monoisotopic (exact) mass is 373 g/mol. The molecule has 1 heterocycles. The fraction of sp³-hybridized carbons (Fsp3) is 0.562. The highest BCUT2D eigenvalue weighted by Gasteiger charge is 2.32. The summed E-state index contributed by atoms with van der Waals surface area (Å²) in [7, 11) is -3.20. The van der Waals surface area contributed by atoms with Crippen molar-refractivity contribution in [1.82, 2.24) is 5.32 Å². The molecule has 0 spiro atoms. The van der Waals surface area contributed by atoms with E-state index in [2.05, 4.69) is 5.32 Å². The lowest BCUT2D eigenvalue weighted by atomic mass is 10.1. The number of carbonyl (C=O) groups is 1. The molecule has 2 aliphatic rings. The summed E-state index contributed by atoms with van der Waals surface area (Å²) in [5, 5.41) is 3.00. The van der Waals surface area contributed by atoms with E-state index in [0.29, 0.717) is 36.7 Å². The van der Waals surface area contributed by atoms with E-state index in [0.717, 1.165) is 18.4 Å². The lowest BCUT2D eigenvalue weighted by molar-refractivity contribution is 0.0933. The van der Waals surface area contributed by atoms with E-state index in [-0.39, 0.29) is 30.1 Å². The number of nitrogens with two attached hydrogens (primary N) is 1. The number of nitrogens with zero attached hydrogens (tertiary/aromatic N) is 1. The number of amides is 1. The number of rotatable bonds is 5. The highest BCUT2D eigenvalue weighted by atomic mass is 35.5. The first-order chi connectivity index (χ1) is 10.9. The first kappa shape index (κ1) is 19.0. The molecule has 0 bridgehead atoms. The van der Waals surface area contributed by atoms with Gasteiger partial charge in [0, 0.05) is 24.7 Å². The summed E-state index contributed by atoms with van der Waals surface area (Å²) in [6.07, 6.45) is 2.88. The normalized spacial score (nSPS) is 20.3. The average Bonchev–Trinajstić information content (AvgIpc) is 3.27. The number of hydrogen-bond acceptors (Lipinski definition) is 4. The zero-order valence-corrected chi connectivity index (χ0v) is 15.3. The molecule has 8 heteroatoms. The molecule has 0 aromatic heterocycles. The predicted octanol–water partition coefficient (Wildman–Crippen LogP) is 1.42. The number of anilines is 1. The molecule has 1 aliphatic heterocycles. The second kappa shape index (κ2) is 7.29. The zero-order valence-electron chi connectivity index (χ0n) is 13.7. The summed E-state index contributed by atoms with van der Waals surface area (Å²) in [6.45, 7) is 2.78. The third-order valence-corrected chi connectivity index (χ3v) is 6.47. The summed E-state index contributed by atoms with van der Waals surface area (Å²) in [4.78, 5) is 12.4. The van der Waals surface area contributed by atoms with Crippen molar-refractivity contribution in [3.05, 3.63) is 29.3 Å². The van der Waals surface area contributed by atoms with Gasteiger partial charge in [0.2, 0.25) is 10.0 Å². The van der Waals surface area contributed by atoms with Gasteiger partial charge in [-0.1, -0.05) is 0 Å². The van der Waals surface area contributed by atoms with E-state index < -0.39 is 10.0 Å². The van der Waals surface area contributed by atoms with Gasteiger partial charge in [-0.15, -0.1) is 12.4 Å². The number of carbonyl (C=O) groups excluding carboxylic acids is 1. The van der Waals surface area contributed by atoms with Crippen LogP contribution in [0.3, 0.4) is 0 Å². The molecule has 1 unspecified atom stereocenters. The first-order valence-electron chi connectivity index (χ1n) is 8.04. The summed E-state index contributed by atoms with van der Waals surface area (Å²) in [5.41, 5.74) is 7.71. The SMILES string of the molecule is Cc1cc(N2CCCS2(=O)=O)ccc1C(=O)NC(CN)C1CC1.Cl. The van der Waals surface area contributed by atoms with Crippen molar-refractivity contribution in [3.8, 4) is 0 Å². The maximum absolute atomic E-state index is 12.4. The Labute approximate surface area is 149 Å². The van der Waals surface area contributed by atoms with Crippen LogP contribution in [0, 0.1) is 12.8 Å². The minimum atomic E-state index is -3.20. The average molecular weight is 374 g/mol. The van der Waals surface area contributed by atoms with E-state index in [1.165, 1.54) is 4.31 Å². The number of benzene rings is 1. The summed E-state index contributed by atoms with van der Waals surface area (Å²) >= 11 is 0. The molecule has 1 amide bonds. The quantitative estimate of drug-likeness (QED) is 0.816. The van der Waals surface area contributed by atoms with Gasteiger partial charge >= 0.3 is 0 Å². The van der Waals surface area contributed by atoms with Crippen LogP contribution < -0.4 is 15.4 Å². The van der Waals surface area contributed by atoms with Gasteiger partial charge in [-0.05, 0) is 55.9 Å². The van der Waals surface area contributed by atoms with E-state index in [4.69, 9.17) is 5.73 Å². The number of aryl methyl sites for hydroxylation is 1. The van der Waals surface area contributed by atoms with Gasteiger partial charge in [0.1, 0.15) is 0 Å². The molecular formula is C16H24ClN3O3S. The van der Waals surface area contributed by atoms with E-state index >= 15 is 0 Å². The highest BCUT2D eigenvalue weighted by molar-refractivity contribution is 7.93. The van der Waals surface area contributed by atoms with Gasteiger partial charge in [0.15, 0.2) is 0 Å². The molecule has 1 aliphatic carbocycles. The van der Waals surface area contributed by atoms with Crippen molar-refractivity contribution in [2.45, 2.75) is 32.2 Å². The Morgan fingerprint density at radius 3 is 2.62 bits per heavy atom. The zero-order chi connectivity index (χ0) is 16.6. The van der Waals surface area contributed by atoms with Crippen LogP contribution in [0.5, 0.6) is 0 Å². The minimum Gasteiger partial charge on any atom is -0.348 e. The van der Waals surface area contributed by atoms with E-state index in [1.807, 2.05) is 6.92 Å². The second-order valence-electron chi connectivity index (χ2n) is 6.39. The van der Waals surface area contributed by atoms with Crippen LogP contribution >= 0.6 is 12.4 Å². The van der Waals surface area contributed by atoms with Gasteiger partial charge < -0.3 is 11.1 Å². The van der Waals surface area contributed by atoms with Crippen LogP contribution in [0.15, 0.2) is 18.2 Å². The fourth-order valence-corrected chi connectivity index (χ4v) is 4.66. The van der Waals surface area contributed by atoms with Gasteiger partial charge in [0.05, 0.1) is 11.4 Å². The molecule has 24 heavy (non-hydrogen) atoms. The Kier molecular flexibility index (Phi) is 5.78. The molecule has 3 rings (SSSR count). The summed E-state index contributed by atoms with van der Waals surface area (Å²) < 4.78 is 25.4. The maximum Gasteiger partial charge on any atom is 0.251 e. The van der Waals surface area contributed by atoms with Crippen molar-refractivity contribution >= 4 is 34.0 Å². The topological polar surface area (TPSA) is 92.5 Å². The molecule has 6 nitrogen and oxygen atoms in total. The molecular weight excluding hydrogens is 350 g/mol. The predicted molar refractivity (Wildman–Crippen MR) is 97.2 cm³/mol.